The number of nitrogens with two attached hydrogens (primary N) is 1. The molecule has 152 valence electrons. The molecule has 0 atom stereocenters. The predicted molar refractivity (Wildman–Crippen MR) is 113 cm³/mol. The summed E-state index contributed by atoms with van der Waals surface area (Å²) in [6, 6.07) is 2.08. The Morgan fingerprint density at radius 1 is 1.31 bits per heavy atom. The smallest absolute Gasteiger partial charge is 0.220 e. The summed E-state index contributed by atoms with van der Waals surface area (Å²) in [7, 11) is 1.79. The first-order chi connectivity index (χ1) is 13.9. The quantitative estimate of drug-likeness (QED) is 0.690. The number of nitrogens with zero attached hydrogens (tertiary/aromatic N) is 6. The van der Waals surface area contributed by atoms with Crippen LogP contribution in [0.2, 0.25) is 0 Å². The first kappa shape index (κ1) is 19.5. The molecule has 10 heteroatoms. The van der Waals surface area contributed by atoms with Crippen molar-refractivity contribution in [2.75, 3.05) is 44.0 Å². The lowest BCUT2D eigenvalue weighted by Crippen LogP contribution is -2.37. The van der Waals surface area contributed by atoms with Crippen LogP contribution in [0.15, 0.2) is 12.3 Å². The van der Waals surface area contributed by atoms with Crippen molar-refractivity contribution in [1.29, 1.82) is 0 Å². The number of aryl methyl sites for hydroxylation is 1. The van der Waals surface area contributed by atoms with Gasteiger partial charge in [0.15, 0.2) is 5.82 Å². The van der Waals surface area contributed by atoms with E-state index >= 15 is 0 Å². The standard InChI is InChI=1S/C19H23N7O2S/c1-11-15(9-21-19(20)22-11)16-23-17(26-4-6-28-7-5-26)14-8-13(29-18(14)24-16)10-25(3)12(2)27/h8-9H,4-7,10H2,1-3H3,(H2,20,21,22). The summed E-state index contributed by atoms with van der Waals surface area (Å²) in [6.07, 6.45) is 1.67. The van der Waals surface area contributed by atoms with Crippen molar-refractivity contribution >= 4 is 39.2 Å². The average molecular weight is 414 g/mol. The minimum atomic E-state index is 0.0253. The highest BCUT2D eigenvalue weighted by Crippen LogP contribution is 2.34. The van der Waals surface area contributed by atoms with Gasteiger partial charge in [-0.2, -0.15) is 0 Å². The average Bonchev–Trinajstić information content (AvgIpc) is 3.10. The number of hydrogen-bond acceptors (Lipinski definition) is 9. The lowest BCUT2D eigenvalue weighted by atomic mass is 10.2. The molecule has 0 unspecified atom stereocenters. The second kappa shape index (κ2) is 7.88. The number of amides is 1. The highest BCUT2D eigenvalue weighted by atomic mass is 32.1. The zero-order valence-electron chi connectivity index (χ0n) is 16.7. The minimum absolute atomic E-state index is 0.0253. The number of rotatable bonds is 4. The number of aromatic nitrogens is 4. The van der Waals surface area contributed by atoms with Gasteiger partial charge in [-0.1, -0.05) is 0 Å². The molecule has 0 saturated carbocycles. The largest absolute Gasteiger partial charge is 0.378 e. The Bertz CT molecular complexity index is 1060. The molecule has 9 nitrogen and oxygen atoms in total. The second-order valence-electron chi connectivity index (χ2n) is 7.00. The molecule has 3 aromatic rings. The van der Waals surface area contributed by atoms with Crippen LogP contribution in [-0.2, 0) is 16.1 Å². The minimum Gasteiger partial charge on any atom is -0.378 e. The van der Waals surface area contributed by atoms with Gasteiger partial charge in [-0.05, 0) is 13.0 Å². The summed E-state index contributed by atoms with van der Waals surface area (Å²) in [5.74, 6) is 1.70. The molecule has 1 aliphatic rings. The van der Waals surface area contributed by atoms with Crippen LogP contribution in [0.3, 0.4) is 0 Å². The van der Waals surface area contributed by atoms with Gasteiger partial charge in [0.05, 0.1) is 36.4 Å². The molecule has 3 aromatic heterocycles. The lowest BCUT2D eigenvalue weighted by Gasteiger charge is -2.28. The lowest BCUT2D eigenvalue weighted by molar-refractivity contribution is -0.128. The van der Waals surface area contributed by atoms with E-state index in [0.29, 0.717) is 25.6 Å². The number of nitrogen functional groups attached to an aromatic ring is 1. The number of hydrogen-bond donors (Lipinski definition) is 1. The third-order valence-corrected chi connectivity index (χ3v) is 5.92. The molecule has 0 radical (unpaired) electrons. The highest BCUT2D eigenvalue weighted by Gasteiger charge is 2.21. The van der Waals surface area contributed by atoms with E-state index in [1.807, 2.05) is 6.92 Å². The summed E-state index contributed by atoms with van der Waals surface area (Å²) in [6.45, 7) is 6.83. The summed E-state index contributed by atoms with van der Waals surface area (Å²) >= 11 is 1.57. The maximum absolute atomic E-state index is 11.6. The Hall–Kier alpha value is -2.85. The molecule has 4 rings (SSSR count). The Morgan fingerprint density at radius 2 is 2.07 bits per heavy atom. The van der Waals surface area contributed by atoms with Gasteiger partial charge in [0.2, 0.25) is 11.9 Å². The van der Waals surface area contributed by atoms with E-state index in [4.69, 9.17) is 20.4 Å². The van der Waals surface area contributed by atoms with Gasteiger partial charge in [-0.3, -0.25) is 4.79 Å². The van der Waals surface area contributed by atoms with E-state index < -0.39 is 0 Å². The number of anilines is 2. The van der Waals surface area contributed by atoms with Crippen LogP contribution in [0.1, 0.15) is 17.5 Å². The zero-order chi connectivity index (χ0) is 20.5. The Labute approximate surface area is 172 Å². The van der Waals surface area contributed by atoms with Crippen LogP contribution in [0.5, 0.6) is 0 Å². The topological polar surface area (TPSA) is 110 Å². The fourth-order valence-electron chi connectivity index (χ4n) is 3.22. The number of carbonyl (C=O) groups excluding carboxylic acids is 1. The summed E-state index contributed by atoms with van der Waals surface area (Å²) in [4.78, 5) is 35.5. The molecular weight excluding hydrogens is 390 g/mol. The van der Waals surface area contributed by atoms with E-state index in [-0.39, 0.29) is 11.9 Å². The second-order valence-corrected chi connectivity index (χ2v) is 8.12. The van der Waals surface area contributed by atoms with Crippen LogP contribution < -0.4 is 10.6 Å². The Kier molecular flexibility index (Phi) is 5.29. The number of fused-ring (bicyclic) bond motifs is 1. The first-order valence-electron chi connectivity index (χ1n) is 9.36. The van der Waals surface area contributed by atoms with Crippen LogP contribution in [0, 0.1) is 6.92 Å². The zero-order valence-corrected chi connectivity index (χ0v) is 17.5. The summed E-state index contributed by atoms with van der Waals surface area (Å²) < 4.78 is 5.50. The third-order valence-electron chi connectivity index (χ3n) is 4.90. The van der Waals surface area contributed by atoms with E-state index in [0.717, 1.165) is 45.3 Å². The maximum Gasteiger partial charge on any atom is 0.220 e. The van der Waals surface area contributed by atoms with Crippen molar-refractivity contribution in [3.63, 3.8) is 0 Å². The molecule has 0 aromatic carbocycles. The van der Waals surface area contributed by atoms with Gasteiger partial charge in [0.1, 0.15) is 10.6 Å². The molecule has 1 aliphatic heterocycles. The van der Waals surface area contributed by atoms with Gasteiger partial charge in [-0.25, -0.2) is 19.9 Å². The third kappa shape index (κ3) is 3.99. The van der Waals surface area contributed by atoms with E-state index in [1.54, 1.807) is 36.4 Å². The Morgan fingerprint density at radius 3 is 2.76 bits per heavy atom. The van der Waals surface area contributed by atoms with Crippen molar-refractivity contribution in [3.05, 3.63) is 22.8 Å². The molecule has 1 fully saturated rings. The molecule has 2 N–H and O–H groups in total. The molecule has 0 spiro atoms. The van der Waals surface area contributed by atoms with Crippen LogP contribution in [0.25, 0.3) is 21.6 Å². The van der Waals surface area contributed by atoms with Crippen molar-refractivity contribution < 1.29 is 9.53 Å². The normalized spacial score (nSPS) is 14.4. The highest BCUT2D eigenvalue weighted by molar-refractivity contribution is 7.18. The van der Waals surface area contributed by atoms with Gasteiger partial charge in [-0.15, -0.1) is 11.3 Å². The maximum atomic E-state index is 11.6. The molecule has 4 heterocycles. The van der Waals surface area contributed by atoms with Crippen LogP contribution in [0.4, 0.5) is 11.8 Å². The van der Waals surface area contributed by atoms with Crippen molar-refractivity contribution in [2.45, 2.75) is 20.4 Å². The number of carbonyl (C=O) groups is 1. The molecule has 29 heavy (non-hydrogen) atoms. The van der Waals surface area contributed by atoms with Gasteiger partial charge in [0, 0.05) is 38.1 Å². The van der Waals surface area contributed by atoms with Crippen LogP contribution >= 0.6 is 11.3 Å². The first-order valence-corrected chi connectivity index (χ1v) is 10.2. The number of morpholine rings is 1. The van der Waals surface area contributed by atoms with Crippen LogP contribution in [-0.4, -0.2) is 64.1 Å². The van der Waals surface area contributed by atoms with E-state index in [2.05, 4.69) is 20.9 Å². The number of thiophene rings is 1. The van der Waals surface area contributed by atoms with Crippen molar-refractivity contribution in [3.8, 4) is 11.4 Å². The number of ether oxygens (including phenoxy) is 1. The SMILES string of the molecule is CC(=O)N(C)Cc1cc2c(N3CCOCC3)nc(-c3cnc(N)nc3C)nc2s1. The molecule has 1 amide bonds. The summed E-state index contributed by atoms with van der Waals surface area (Å²) in [5.41, 5.74) is 7.19. The summed E-state index contributed by atoms with van der Waals surface area (Å²) in [5, 5.41) is 0.988. The van der Waals surface area contributed by atoms with Crippen molar-refractivity contribution in [1.82, 2.24) is 24.8 Å². The van der Waals surface area contributed by atoms with Gasteiger partial charge < -0.3 is 20.3 Å². The van der Waals surface area contributed by atoms with E-state index in [1.165, 1.54) is 0 Å². The van der Waals surface area contributed by atoms with Gasteiger partial charge >= 0.3 is 0 Å². The predicted octanol–water partition coefficient (Wildman–Crippen LogP) is 1.85. The molecule has 0 bridgehead atoms. The monoisotopic (exact) mass is 413 g/mol. The fourth-order valence-corrected chi connectivity index (χ4v) is 4.30. The fraction of sp³-hybridized carbons (Fsp3) is 0.421. The van der Waals surface area contributed by atoms with E-state index in [9.17, 15) is 4.79 Å². The van der Waals surface area contributed by atoms with Crippen molar-refractivity contribution in [2.24, 2.45) is 0 Å². The molecule has 1 saturated heterocycles. The molecule has 0 aliphatic carbocycles. The Balaban J connectivity index is 1.83. The molecular formula is C19H23N7O2S. The van der Waals surface area contributed by atoms with Gasteiger partial charge in [0.25, 0.3) is 0 Å².